The van der Waals surface area contributed by atoms with Crippen LogP contribution in [0.3, 0.4) is 0 Å². The highest BCUT2D eigenvalue weighted by molar-refractivity contribution is 5.94. The van der Waals surface area contributed by atoms with Gasteiger partial charge in [0.2, 0.25) is 0 Å². The Bertz CT molecular complexity index is 1430. The maximum absolute atomic E-state index is 13.2. The van der Waals surface area contributed by atoms with Crippen LogP contribution >= 0.6 is 0 Å². The maximum Gasteiger partial charge on any atom is 0.278 e. The molecule has 36 heavy (non-hydrogen) atoms. The summed E-state index contributed by atoms with van der Waals surface area (Å²) in [7, 11) is 0. The third kappa shape index (κ3) is 5.22. The predicted octanol–water partition coefficient (Wildman–Crippen LogP) is 4.77. The van der Waals surface area contributed by atoms with Crippen LogP contribution in [0.4, 0.5) is 0 Å². The normalized spacial score (nSPS) is 11.0. The Morgan fingerprint density at radius 2 is 1.72 bits per heavy atom. The summed E-state index contributed by atoms with van der Waals surface area (Å²) in [4.78, 5) is 34.9. The molecule has 0 atom stereocenters. The van der Waals surface area contributed by atoms with Crippen LogP contribution in [0.5, 0.6) is 11.5 Å². The van der Waals surface area contributed by atoms with Gasteiger partial charge in [-0.05, 0) is 69.7 Å². The molecule has 8 nitrogen and oxygen atoms in total. The summed E-state index contributed by atoms with van der Waals surface area (Å²) in [6.45, 7) is 9.11. The van der Waals surface area contributed by atoms with Gasteiger partial charge in [-0.1, -0.05) is 18.2 Å². The molecule has 8 heteroatoms. The summed E-state index contributed by atoms with van der Waals surface area (Å²) in [5, 5.41) is 2.93. The number of pyridine rings is 1. The number of nitrogens with zero attached hydrogens (tertiary/aromatic N) is 3. The zero-order valence-corrected chi connectivity index (χ0v) is 20.9. The quantitative estimate of drug-likeness (QED) is 0.366. The molecule has 0 aliphatic carbocycles. The van der Waals surface area contributed by atoms with Crippen LogP contribution in [0.1, 0.15) is 49.7 Å². The maximum atomic E-state index is 13.2. The fraction of sp³-hybridized carbons (Fsp3) is 0.286. The lowest BCUT2D eigenvalue weighted by molar-refractivity contribution is 0.0951. The second kappa shape index (κ2) is 11.0. The van der Waals surface area contributed by atoms with E-state index >= 15 is 0 Å². The molecule has 0 aliphatic rings. The van der Waals surface area contributed by atoms with Crippen molar-refractivity contribution in [1.29, 1.82) is 0 Å². The lowest BCUT2D eigenvalue weighted by Crippen LogP contribution is -2.26. The molecule has 4 rings (SSSR count). The van der Waals surface area contributed by atoms with E-state index in [0.717, 1.165) is 5.56 Å². The van der Waals surface area contributed by atoms with Crippen molar-refractivity contribution in [2.24, 2.45) is 0 Å². The number of hydrogen-bond acceptors (Lipinski definition) is 6. The minimum atomic E-state index is -0.219. The average Bonchev–Trinajstić information content (AvgIpc) is 2.88. The van der Waals surface area contributed by atoms with Gasteiger partial charge in [-0.3, -0.25) is 14.2 Å². The number of aromatic nitrogens is 3. The van der Waals surface area contributed by atoms with Crippen LogP contribution in [0, 0.1) is 0 Å². The molecule has 0 spiro atoms. The summed E-state index contributed by atoms with van der Waals surface area (Å²) < 4.78 is 12.9. The topological polar surface area (TPSA) is 95.3 Å². The van der Waals surface area contributed by atoms with E-state index in [1.54, 1.807) is 41.1 Å². The van der Waals surface area contributed by atoms with Crippen LogP contribution in [0.15, 0.2) is 65.6 Å². The summed E-state index contributed by atoms with van der Waals surface area (Å²) in [5.74, 6) is 1.11. The van der Waals surface area contributed by atoms with Crippen molar-refractivity contribution in [3.63, 3.8) is 0 Å². The van der Waals surface area contributed by atoms with E-state index < -0.39 is 0 Å². The lowest BCUT2D eigenvalue weighted by atomic mass is 10.1. The number of amides is 1. The Labute approximate surface area is 209 Å². The van der Waals surface area contributed by atoms with Gasteiger partial charge < -0.3 is 14.8 Å². The standard InChI is InChI=1S/C28H30N4O4/c1-5-35-23-14-9-19(16-24(23)36-6-2)17-30-27(33)21-12-10-20(11-13-21)25-28(34)32(18(3)4)26-22(31-25)8-7-15-29-26/h7-16,18H,5-6,17H2,1-4H3,(H,30,33). The van der Waals surface area contributed by atoms with Gasteiger partial charge in [-0.2, -0.15) is 0 Å². The summed E-state index contributed by atoms with van der Waals surface area (Å²) in [5.41, 5.74) is 3.34. The predicted molar refractivity (Wildman–Crippen MR) is 140 cm³/mol. The van der Waals surface area contributed by atoms with Gasteiger partial charge in [-0.25, -0.2) is 9.97 Å². The molecule has 186 valence electrons. The minimum absolute atomic E-state index is 0.0763. The molecule has 4 aromatic rings. The smallest absolute Gasteiger partial charge is 0.278 e. The fourth-order valence-corrected chi connectivity index (χ4v) is 3.98. The molecular weight excluding hydrogens is 456 g/mol. The Balaban J connectivity index is 1.53. The molecule has 2 aromatic carbocycles. The minimum Gasteiger partial charge on any atom is -0.490 e. The molecule has 0 bridgehead atoms. The van der Waals surface area contributed by atoms with Gasteiger partial charge in [0.05, 0.1) is 13.2 Å². The molecule has 2 aromatic heterocycles. The molecule has 0 unspecified atom stereocenters. The first-order valence-corrected chi connectivity index (χ1v) is 12.1. The van der Waals surface area contributed by atoms with Gasteiger partial charge in [0.15, 0.2) is 17.1 Å². The van der Waals surface area contributed by atoms with Crippen molar-refractivity contribution in [2.75, 3.05) is 13.2 Å². The molecule has 0 radical (unpaired) electrons. The molecule has 1 amide bonds. The van der Waals surface area contributed by atoms with Gasteiger partial charge in [0.25, 0.3) is 11.5 Å². The Morgan fingerprint density at radius 1 is 1.00 bits per heavy atom. The number of rotatable bonds is 9. The highest BCUT2D eigenvalue weighted by Gasteiger charge is 2.16. The van der Waals surface area contributed by atoms with Crippen LogP contribution in [0.25, 0.3) is 22.4 Å². The lowest BCUT2D eigenvalue weighted by Gasteiger charge is -2.14. The van der Waals surface area contributed by atoms with Crippen molar-refractivity contribution >= 4 is 17.1 Å². The number of fused-ring (bicyclic) bond motifs is 1. The van der Waals surface area contributed by atoms with E-state index in [-0.39, 0.29) is 17.5 Å². The van der Waals surface area contributed by atoms with E-state index in [2.05, 4.69) is 15.3 Å². The molecule has 0 saturated heterocycles. The molecular formula is C28H30N4O4. The van der Waals surface area contributed by atoms with E-state index in [1.807, 2.05) is 52.0 Å². The number of nitrogens with one attached hydrogen (secondary N) is 1. The Morgan fingerprint density at radius 3 is 2.42 bits per heavy atom. The van der Waals surface area contributed by atoms with Gasteiger partial charge in [0, 0.05) is 29.9 Å². The monoisotopic (exact) mass is 486 g/mol. The second-order valence-electron chi connectivity index (χ2n) is 8.48. The third-order valence-electron chi connectivity index (χ3n) is 5.65. The summed E-state index contributed by atoms with van der Waals surface area (Å²) in [6.07, 6.45) is 1.65. The fourth-order valence-electron chi connectivity index (χ4n) is 3.98. The van der Waals surface area contributed by atoms with Gasteiger partial charge in [0.1, 0.15) is 11.2 Å². The first-order chi connectivity index (χ1) is 17.4. The largest absolute Gasteiger partial charge is 0.490 e. The third-order valence-corrected chi connectivity index (χ3v) is 5.65. The van der Waals surface area contributed by atoms with Crippen LogP contribution in [0.2, 0.25) is 0 Å². The average molecular weight is 487 g/mol. The van der Waals surface area contributed by atoms with Crippen molar-refractivity contribution in [3.05, 3.63) is 82.3 Å². The summed E-state index contributed by atoms with van der Waals surface area (Å²) in [6, 6.07) is 16.1. The molecule has 0 saturated carbocycles. The van der Waals surface area contributed by atoms with Gasteiger partial charge in [-0.15, -0.1) is 0 Å². The highest BCUT2D eigenvalue weighted by atomic mass is 16.5. The van der Waals surface area contributed by atoms with E-state index in [1.165, 1.54) is 0 Å². The van der Waals surface area contributed by atoms with Crippen molar-refractivity contribution in [3.8, 4) is 22.8 Å². The van der Waals surface area contributed by atoms with Crippen molar-refractivity contribution < 1.29 is 14.3 Å². The SMILES string of the molecule is CCOc1ccc(CNC(=O)c2ccc(-c3nc4cccnc4n(C(C)C)c3=O)cc2)cc1OCC. The number of carbonyl (C=O) groups excluding carboxylic acids is 1. The zero-order chi connectivity index (χ0) is 25.7. The Kier molecular flexibility index (Phi) is 7.63. The molecule has 0 aliphatic heterocycles. The van der Waals surface area contributed by atoms with Gasteiger partial charge >= 0.3 is 0 Å². The summed E-state index contributed by atoms with van der Waals surface area (Å²) >= 11 is 0. The number of benzene rings is 2. The zero-order valence-electron chi connectivity index (χ0n) is 20.9. The van der Waals surface area contributed by atoms with Crippen LogP contribution in [-0.4, -0.2) is 33.7 Å². The molecule has 2 heterocycles. The Hall–Kier alpha value is -4.20. The molecule has 0 fully saturated rings. The second-order valence-corrected chi connectivity index (χ2v) is 8.48. The van der Waals surface area contributed by atoms with E-state index in [0.29, 0.717) is 59.2 Å². The van der Waals surface area contributed by atoms with E-state index in [9.17, 15) is 9.59 Å². The van der Waals surface area contributed by atoms with Crippen LogP contribution in [-0.2, 0) is 6.54 Å². The van der Waals surface area contributed by atoms with E-state index in [4.69, 9.17) is 9.47 Å². The number of ether oxygens (including phenoxy) is 2. The first-order valence-electron chi connectivity index (χ1n) is 12.1. The number of hydrogen-bond donors (Lipinski definition) is 1. The van der Waals surface area contributed by atoms with Crippen molar-refractivity contribution in [2.45, 2.75) is 40.3 Å². The van der Waals surface area contributed by atoms with Crippen molar-refractivity contribution in [1.82, 2.24) is 19.9 Å². The molecule has 1 N–H and O–H groups in total. The first kappa shape index (κ1) is 24.9. The van der Waals surface area contributed by atoms with Crippen LogP contribution < -0.4 is 20.3 Å². The highest BCUT2D eigenvalue weighted by Crippen LogP contribution is 2.28. The number of carbonyl (C=O) groups is 1.